The van der Waals surface area contributed by atoms with E-state index in [9.17, 15) is 0 Å². The van der Waals surface area contributed by atoms with Gasteiger partial charge >= 0.3 is 0 Å². The van der Waals surface area contributed by atoms with Crippen LogP contribution in [-0.4, -0.2) is 18.5 Å². The average molecular weight is 266 g/mol. The first-order valence-corrected chi connectivity index (χ1v) is 7.31. The average Bonchev–Trinajstić information content (AvgIpc) is 2.89. The van der Waals surface area contributed by atoms with Crippen LogP contribution in [0.5, 0.6) is 0 Å². The lowest BCUT2D eigenvalue weighted by Crippen LogP contribution is -2.17. The highest BCUT2D eigenvalue weighted by molar-refractivity contribution is 5.57. The molecule has 1 heterocycles. The standard InChI is InChI=1S/C18H22N2/c1-14-5-3-4-6-17(14)13-20(2)12-15-7-8-16-9-10-19-18(16)11-15/h3-8,11,19H,9-10,12-13H2,1-2H3. The van der Waals surface area contributed by atoms with Gasteiger partial charge in [0.25, 0.3) is 0 Å². The highest BCUT2D eigenvalue weighted by Crippen LogP contribution is 2.24. The van der Waals surface area contributed by atoms with Crippen LogP contribution in [-0.2, 0) is 19.5 Å². The van der Waals surface area contributed by atoms with E-state index < -0.39 is 0 Å². The summed E-state index contributed by atoms with van der Waals surface area (Å²) in [5.41, 5.74) is 6.94. The summed E-state index contributed by atoms with van der Waals surface area (Å²) in [4.78, 5) is 2.37. The number of benzene rings is 2. The number of fused-ring (bicyclic) bond motifs is 1. The molecular formula is C18H22N2. The molecule has 0 bridgehead atoms. The Morgan fingerprint density at radius 1 is 1.10 bits per heavy atom. The maximum absolute atomic E-state index is 3.45. The smallest absolute Gasteiger partial charge is 0.0376 e. The molecule has 1 aliphatic heterocycles. The van der Waals surface area contributed by atoms with Gasteiger partial charge in [0.05, 0.1) is 0 Å². The molecule has 2 nitrogen and oxygen atoms in total. The van der Waals surface area contributed by atoms with E-state index >= 15 is 0 Å². The molecule has 1 N–H and O–H groups in total. The van der Waals surface area contributed by atoms with Gasteiger partial charge in [-0.3, -0.25) is 4.90 Å². The van der Waals surface area contributed by atoms with Gasteiger partial charge in [0.15, 0.2) is 0 Å². The minimum atomic E-state index is 0.989. The van der Waals surface area contributed by atoms with Crippen LogP contribution in [0.15, 0.2) is 42.5 Å². The SMILES string of the molecule is Cc1ccccc1CN(C)Cc1ccc2c(c1)NCC2. The van der Waals surface area contributed by atoms with Crippen molar-refractivity contribution < 1.29 is 0 Å². The molecule has 0 radical (unpaired) electrons. The third-order valence-electron chi connectivity index (χ3n) is 4.04. The predicted molar refractivity (Wildman–Crippen MR) is 85.0 cm³/mol. The molecule has 2 aromatic rings. The zero-order valence-corrected chi connectivity index (χ0v) is 12.3. The number of nitrogens with one attached hydrogen (secondary N) is 1. The fraction of sp³-hybridized carbons (Fsp3) is 0.333. The van der Waals surface area contributed by atoms with Crippen LogP contribution >= 0.6 is 0 Å². The highest BCUT2D eigenvalue weighted by atomic mass is 15.1. The number of aryl methyl sites for hydroxylation is 1. The van der Waals surface area contributed by atoms with E-state index in [1.54, 1.807) is 0 Å². The number of rotatable bonds is 4. The van der Waals surface area contributed by atoms with E-state index in [-0.39, 0.29) is 0 Å². The summed E-state index contributed by atoms with van der Waals surface area (Å²) in [5.74, 6) is 0. The molecule has 0 saturated heterocycles. The summed E-state index contributed by atoms with van der Waals surface area (Å²) in [6.45, 7) is 5.25. The Morgan fingerprint density at radius 2 is 1.95 bits per heavy atom. The Morgan fingerprint density at radius 3 is 2.80 bits per heavy atom. The van der Waals surface area contributed by atoms with Crippen molar-refractivity contribution in [2.75, 3.05) is 18.9 Å². The molecule has 2 aromatic carbocycles. The summed E-state index contributed by atoms with van der Waals surface area (Å²) >= 11 is 0. The molecule has 3 rings (SSSR count). The first-order chi connectivity index (χ1) is 9.72. The van der Waals surface area contributed by atoms with Crippen molar-refractivity contribution in [1.29, 1.82) is 0 Å². The Bertz CT molecular complexity index is 604. The van der Waals surface area contributed by atoms with Gasteiger partial charge in [-0.2, -0.15) is 0 Å². The predicted octanol–water partition coefficient (Wildman–Crippen LogP) is 3.60. The van der Waals surface area contributed by atoms with Gasteiger partial charge < -0.3 is 5.32 Å². The van der Waals surface area contributed by atoms with Crippen molar-refractivity contribution in [3.63, 3.8) is 0 Å². The van der Waals surface area contributed by atoms with E-state index in [0.717, 1.165) is 26.1 Å². The van der Waals surface area contributed by atoms with Crippen LogP contribution in [0, 0.1) is 6.92 Å². The fourth-order valence-corrected chi connectivity index (χ4v) is 2.88. The Balaban J connectivity index is 1.67. The van der Waals surface area contributed by atoms with Crippen LogP contribution in [0.1, 0.15) is 22.3 Å². The zero-order valence-electron chi connectivity index (χ0n) is 12.3. The third-order valence-corrected chi connectivity index (χ3v) is 4.04. The lowest BCUT2D eigenvalue weighted by molar-refractivity contribution is 0.318. The topological polar surface area (TPSA) is 15.3 Å². The van der Waals surface area contributed by atoms with Crippen LogP contribution in [0.2, 0.25) is 0 Å². The highest BCUT2D eigenvalue weighted by Gasteiger charge is 2.11. The lowest BCUT2D eigenvalue weighted by Gasteiger charge is -2.18. The summed E-state index contributed by atoms with van der Waals surface area (Å²) in [7, 11) is 2.19. The summed E-state index contributed by atoms with van der Waals surface area (Å²) < 4.78 is 0. The Kier molecular flexibility index (Phi) is 3.75. The van der Waals surface area contributed by atoms with Crippen LogP contribution in [0.25, 0.3) is 0 Å². The molecule has 0 fully saturated rings. The second kappa shape index (κ2) is 5.68. The molecule has 0 unspecified atom stereocenters. The molecule has 20 heavy (non-hydrogen) atoms. The van der Waals surface area contributed by atoms with Gasteiger partial charge in [-0.15, -0.1) is 0 Å². The third kappa shape index (κ3) is 2.86. The molecule has 0 spiro atoms. The minimum Gasteiger partial charge on any atom is -0.384 e. The molecular weight excluding hydrogens is 244 g/mol. The van der Waals surface area contributed by atoms with E-state index in [2.05, 4.69) is 66.7 Å². The van der Waals surface area contributed by atoms with Gasteiger partial charge in [0, 0.05) is 25.3 Å². The van der Waals surface area contributed by atoms with Crippen molar-refractivity contribution >= 4 is 5.69 Å². The van der Waals surface area contributed by atoms with Crippen molar-refractivity contribution in [3.8, 4) is 0 Å². The summed E-state index contributed by atoms with van der Waals surface area (Å²) in [6, 6.07) is 15.5. The molecule has 0 aliphatic carbocycles. The first kappa shape index (κ1) is 13.2. The molecule has 0 atom stereocenters. The largest absolute Gasteiger partial charge is 0.384 e. The molecule has 0 amide bonds. The zero-order chi connectivity index (χ0) is 13.9. The van der Waals surface area contributed by atoms with E-state index in [1.165, 1.54) is 27.9 Å². The number of nitrogens with zero attached hydrogens (tertiary/aromatic N) is 1. The second-order valence-electron chi connectivity index (χ2n) is 5.77. The monoisotopic (exact) mass is 266 g/mol. The first-order valence-electron chi connectivity index (χ1n) is 7.31. The van der Waals surface area contributed by atoms with E-state index in [0.29, 0.717) is 0 Å². The molecule has 0 aromatic heterocycles. The van der Waals surface area contributed by atoms with Crippen molar-refractivity contribution in [3.05, 3.63) is 64.7 Å². The number of hydrogen-bond donors (Lipinski definition) is 1. The second-order valence-corrected chi connectivity index (χ2v) is 5.77. The molecule has 0 saturated carbocycles. The van der Waals surface area contributed by atoms with Gasteiger partial charge in [0.1, 0.15) is 0 Å². The van der Waals surface area contributed by atoms with Crippen LogP contribution in [0.3, 0.4) is 0 Å². The van der Waals surface area contributed by atoms with Crippen molar-refractivity contribution in [1.82, 2.24) is 4.90 Å². The number of hydrogen-bond acceptors (Lipinski definition) is 2. The van der Waals surface area contributed by atoms with Gasteiger partial charge in [-0.1, -0.05) is 36.4 Å². The number of anilines is 1. The van der Waals surface area contributed by atoms with Gasteiger partial charge in [-0.25, -0.2) is 0 Å². The maximum Gasteiger partial charge on any atom is 0.0376 e. The normalized spacial score (nSPS) is 13.3. The fourth-order valence-electron chi connectivity index (χ4n) is 2.88. The molecule has 1 aliphatic rings. The summed E-state index contributed by atoms with van der Waals surface area (Å²) in [5, 5.41) is 3.45. The van der Waals surface area contributed by atoms with Gasteiger partial charge in [-0.05, 0) is 48.7 Å². The molecule has 2 heteroatoms. The van der Waals surface area contributed by atoms with Crippen molar-refractivity contribution in [2.45, 2.75) is 26.4 Å². The quantitative estimate of drug-likeness (QED) is 0.909. The Hall–Kier alpha value is -1.80. The minimum absolute atomic E-state index is 0.989. The Labute approximate surface area is 121 Å². The summed E-state index contributed by atoms with van der Waals surface area (Å²) in [6.07, 6.45) is 1.16. The van der Waals surface area contributed by atoms with E-state index in [4.69, 9.17) is 0 Å². The van der Waals surface area contributed by atoms with Crippen molar-refractivity contribution in [2.24, 2.45) is 0 Å². The maximum atomic E-state index is 3.45. The molecule has 104 valence electrons. The van der Waals surface area contributed by atoms with Crippen LogP contribution < -0.4 is 5.32 Å². The van der Waals surface area contributed by atoms with Gasteiger partial charge in [0.2, 0.25) is 0 Å². The van der Waals surface area contributed by atoms with E-state index in [1.807, 2.05) is 0 Å². The van der Waals surface area contributed by atoms with Crippen LogP contribution in [0.4, 0.5) is 5.69 Å². The lowest BCUT2D eigenvalue weighted by atomic mass is 10.1.